The molecule has 0 fully saturated rings. The minimum atomic E-state index is -0.340. The molecule has 0 N–H and O–H groups in total. The zero-order chi connectivity index (χ0) is 18.5. The Balaban J connectivity index is 1.89. The van der Waals surface area contributed by atoms with Crippen LogP contribution in [-0.4, -0.2) is 31.1 Å². The van der Waals surface area contributed by atoms with Gasteiger partial charge >= 0.3 is 0 Å². The number of hydrogen-bond donors (Lipinski definition) is 0. The fourth-order valence-electron chi connectivity index (χ4n) is 3.56. The van der Waals surface area contributed by atoms with Crippen molar-refractivity contribution in [2.75, 3.05) is 11.5 Å². The van der Waals surface area contributed by atoms with E-state index in [1.54, 1.807) is 10.5 Å². The van der Waals surface area contributed by atoms with Crippen LogP contribution in [-0.2, 0) is 11.3 Å². The molecule has 1 atom stereocenters. The van der Waals surface area contributed by atoms with Gasteiger partial charge in [-0.15, -0.1) is 10.2 Å². The van der Waals surface area contributed by atoms with Crippen molar-refractivity contribution in [2.45, 2.75) is 18.5 Å². The van der Waals surface area contributed by atoms with E-state index in [4.69, 9.17) is 4.74 Å². The third-order valence-electron chi connectivity index (χ3n) is 4.74. The Bertz CT molecular complexity index is 1180. The van der Waals surface area contributed by atoms with E-state index >= 15 is 4.39 Å². The number of ether oxygens (including phenoxy) is 1. The van der Waals surface area contributed by atoms with E-state index in [1.807, 2.05) is 42.2 Å². The molecule has 0 amide bonds. The van der Waals surface area contributed by atoms with Crippen LogP contribution < -0.4 is 4.90 Å². The lowest BCUT2D eigenvalue weighted by atomic mass is 10.1. The minimum absolute atomic E-state index is 0.206. The van der Waals surface area contributed by atoms with Crippen LogP contribution in [0.2, 0.25) is 0 Å². The highest BCUT2D eigenvalue weighted by molar-refractivity contribution is 9.09. The molecule has 0 aliphatic carbocycles. The van der Waals surface area contributed by atoms with E-state index in [0.29, 0.717) is 41.5 Å². The molecule has 1 aliphatic heterocycles. The topological polar surface area (TPSA) is 55.5 Å². The zero-order valence-corrected chi connectivity index (χ0v) is 16.0. The first-order valence-electron chi connectivity index (χ1n) is 8.54. The van der Waals surface area contributed by atoms with E-state index in [0.717, 1.165) is 11.3 Å². The van der Waals surface area contributed by atoms with Gasteiger partial charge in [0.05, 0.1) is 24.1 Å². The Morgan fingerprint density at radius 3 is 2.89 bits per heavy atom. The molecule has 1 unspecified atom stereocenters. The Labute approximate surface area is 162 Å². The quantitative estimate of drug-likeness (QED) is 0.337. The zero-order valence-electron chi connectivity index (χ0n) is 14.4. The summed E-state index contributed by atoms with van der Waals surface area (Å²) < 4.78 is 22.5. The molecule has 0 radical (unpaired) electrons. The van der Waals surface area contributed by atoms with Crippen molar-refractivity contribution in [2.24, 2.45) is 0 Å². The predicted octanol–water partition coefficient (Wildman–Crippen LogP) is 4.11. The van der Waals surface area contributed by atoms with Crippen LogP contribution in [0.3, 0.4) is 0 Å². The van der Waals surface area contributed by atoms with Gasteiger partial charge in [0, 0.05) is 11.3 Å². The van der Waals surface area contributed by atoms with Crippen molar-refractivity contribution < 1.29 is 9.13 Å². The van der Waals surface area contributed by atoms with Gasteiger partial charge in [-0.25, -0.2) is 4.39 Å². The Hall–Kier alpha value is -2.58. The largest absolute Gasteiger partial charge is 0.374 e. The number of benzene rings is 2. The second kappa shape index (κ2) is 6.24. The average Bonchev–Trinajstić information content (AvgIpc) is 2.95. The predicted molar refractivity (Wildman–Crippen MR) is 104 cm³/mol. The van der Waals surface area contributed by atoms with Crippen molar-refractivity contribution in [3.63, 3.8) is 0 Å². The molecule has 2 aromatic heterocycles. The summed E-state index contributed by atoms with van der Waals surface area (Å²) in [5.41, 5.74) is 2.62. The first-order valence-corrected chi connectivity index (χ1v) is 9.45. The number of fused-ring (bicyclic) bond motifs is 4. The van der Waals surface area contributed by atoms with Crippen LogP contribution in [0.5, 0.6) is 0 Å². The summed E-state index contributed by atoms with van der Waals surface area (Å²) >= 11 is 3.69. The van der Waals surface area contributed by atoms with Crippen LogP contribution >= 0.6 is 15.9 Å². The van der Waals surface area contributed by atoms with Gasteiger partial charge in [0.25, 0.3) is 5.78 Å². The van der Waals surface area contributed by atoms with Crippen LogP contribution in [0.15, 0.2) is 42.5 Å². The number of para-hydroxylation sites is 1. The molecule has 6 nitrogen and oxygen atoms in total. The molecule has 0 spiro atoms. The molecule has 3 heterocycles. The van der Waals surface area contributed by atoms with Gasteiger partial charge in [-0.3, -0.25) is 4.40 Å². The van der Waals surface area contributed by atoms with Crippen molar-refractivity contribution in [1.82, 2.24) is 19.6 Å². The number of nitrogens with zero attached hydrogens (tertiary/aromatic N) is 5. The van der Waals surface area contributed by atoms with Gasteiger partial charge in [-0.05, 0) is 25.1 Å². The summed E-state index contributed by atoms with van der Waals surface area (Å²) in [4.78, 5) is 6.45. The van der Waals surface area contributed by atoms with Gasteiger partial charge < -0.3 is 9.64 Å². The van der Waals surface area contributed by atoms with Gasteiger partial charge in [0.1, 0.15) is 16.6 Å². The van der Waals surface area contributed by atoms with Gasteiger partial charge in [0.15, 0.2) is 5.82 Å². The van der Waals surface area contributed by atoms with Gasteiger partial charge in [0.2, 0.25) is 0 Å². The summed E-state index contributed by atoms with van der Waals surface area (Å²) in [5, 5.41) is 8.71. The Morgan fingerprint density at radius 2 is 2.00 bits per heavy atom. The lowest BCUT2D eigenvalue weighted by molar-refractivity contribution is 0.129. The second-order valence-electron chi connectivity index (χ2n) is 6.40. The SMILES string of the molecule is Cc1nnc2nc(N3c4ccccc4COCC3Br)c3c(F)cccc3n12. The fraction of sp³-hybridized carbons (Fsp3) is 0.211. The number of anilines is 2. The molecule has 4 aromatic rings. The van der Waals surface area contributed by atoms with Crippen molar-refractivity contribution in [3.05, 3.63) is 59.7 Å². The first kappa shape index (κ1) is 16.6. The highest BCUT2D eigenvalue weighted by Crippen LogP contribution is 2.39. The number of rotatable bonds is 1. The number of aryl methyl sites for hydroxylation is 1. The molecule has 136 valence electrons. The monoisotopic (exact) mass is 427 g/mol. The molecule has 2 aromatic carbocycles. The number of aromatic nitrogens is 4. The Kier molecular flexibility index (Phi) is 3.84. The standard InChI is InChI=1S/C19H15BrFN5O/c1-11-23-24-19-22-18(17-13(21)6-4-8-15(17)25(11)19)26-14-7-3-2-5-12(14)9-27-10-16(26)20/h2-8,16H,9-10H2,1H3. The number of halogens is 2. The fourth-order valence-corrected chi connectivity index (χ4v) is 4.16. The van der Waals surface area contributed by atoms with E-state index < -0.39 is 0 Å². The molecule has 5 rings (SSSR count). The molecular formula is C19H15BrFN5O. The molecule has 0 saturated carbocycles. The van der Waals surface area contributed by atoms with E-state index in [9.17, 15) is 0 Å². The lowest BCUT2D eigenvalue weighted by Gasteiger charge is -2.29. The summed E-state index contributed by atoms with van der Waals surface area (Å²) in [6.07, 6.45) is 0. The average molecular weight is 428 g/mol. The summed E-state index contributed by atoms with van der Waals surface area (Å²) in [7, 11) is 0. The normalized spacial score (nSPS) is 17.3. The van der Waals surface area contributed by atoms with Crippen molar-refractivity contribution in [3.8, 4) is 0 Å². The van der Waals surface area contributed by atoms with Crippen LogP contribution in [0, 0.1) is 12.7 Å². The van der Waals surface area contributed by atoms with Crippen LogP contribution in [0.4, 0.5) is 15.9 Å². The first-order chi connectivity index (χ1) is 13.1. The van der Waals surface area contributed by atoms with E-state index in [-0.39, 0.29) is 10.8 Å². The summed E-state index contributed by atoms with van der Waals surface area (Å²) in [6, 6.07) is 12.9. The van der Waals surface area contributed by atoms with Crippen molar-refractivity contribution in [1.29, 1.82) is 0 Å². The molecule has 0 bridgehead atoms. The summed E-state index contributed by atoms with van der Waals surface area (Å²) in [5.74, 6) is 1.24. The number of alkyl halides is 1. The second-order valence-corrected chi connectivity index (χ2v) is 7.46. The lowest BCUT2D eigenvalue weighted by Crippen LogP contribution is -2.30. The summed E-state index contributed by atoms with van der Waals surface area (Å²) in [6.45, 7) is 2.75. The highest BCUT2D eigenvalue weighted by atomic mass is 79.9. The molecule has 27 heavy (non-hydrogen) atoms. The minimum Gasteiger partial charge on any atom is -0.374 e. The third kappa shape index (κ3) is 2.51. The molecule has 1 aliphatic rings. The molecule has 8 heteroatoms. The maximum Gasteiger partial charge on any atom is 0.257 e. The van der Waals surface area contributed by atoms with Crippen LogP contribution in [0.25, 0.3) is 16.7 Å². The molecular weight excluding hydrogens is 413 g/mol. The maximum atomic E-state index is 15.0. The molecule has 0 saturated heterocycles. The van der Waals surface area contributed by atoms with Crippen LogP contribution in [0.1, 0.15) is 11.4 Å². The van der Waals surface area contributed by atoms with Gasteiger partial charge in [-0.1, -0.05) is 40.2 Å². The van der Waals surface area contributed by atoms with Crippen molar-refractivity contribution >= 4 is 44.1 Å². The number of hydrogen-bond acceptors (Lipinski definition) is 5. The smallest absolute Gasteiger partial charge is 0.257 e. The maximum absolute atomic E-state index is 15.0. The van der Waals surface area contributed by atoms with E-state index in [2.05, 4.69) is 31.1 Å². The third-order valence-corrected chi connectivity index (χ3v) is 5.42. The highest BCUT2D eigenvalue weighted by Gasteiger charge is 2.29. The Morgan fingerprint density at radius 1 is 1.15 bits per heavy atom. The van der Waals surface area contributed by atoms with E-state index in [1.165, 1.54) is 6.07 Å². The van der Waals surface area contributed by atoms with Gasteiger partial charge in [-0.2, -0.15) is 4.98 Å².